The van der Waals surface area contributed by atoms with Crippen molar-refractivity contribution in [3.8, 4) is 6.07 Å². The van der Waals surface area contributed by atoms with Gasteiger partial charge in [0.05, 0.1) is 11.6 Å². The van der Waals surface area contributed by atoms with Crippen LogP contribution in [0.15, 0.2) is 24.3 Å². The van der Waals surface area contributed by atoms with Gasteiger partial charge in [0.15, 0.2) is 0 Å². The lowest BCUT2D eigenvalue weighted by Crippen LogP contribution is -2.20. The third-order valence-electron chi connectivity index (χ3n) is 3.56. The first-order valence-electron chi connectivity index (χ1n) is 6.53. The third kappa shape index (κ3) is 3.31. The van der Waals surface area contributed by atoms with Crippen LogP contribution in [0.3, 0.4) is 0 Å². The Bertz CT molecular complexity index is 388. The maximum Gasteiger partial charge on any atom is 0.0991 e. The summed E-state index contributed by atoms with van der Waals surface area (Å²) in [5.74, 6) is 0.901. The van der Waals surface area contributed by atoms with Crippen molar-refractivity contribution in [3.63, 3.8) is 0 Å². The molecular weight excluding hydrogens is 208 g/mol. The molecule has 2 heteroatoms. The fraction of sp³-hybridized carbons (Fsp3) is 0.533. The van der Waals surface area contributed by atoms with Crippen molar-refractivity contribution in [2.24, 2.45) is 5.92 Å². The molecular formula is C15H20N2. The summed E-state index contributed by atoms with van der Waals surface area (Å²) in [6.45, 7) is 5.77. The molecule has 0 amide bonds. The average molecular weight is 228 g/mol. The summed E-state index contributed by atoms with van der Waals surface area (Å²) < 4.78 is 0. The van der Waals surface area contributed by atoms with E-state index in [0.717, 1.165) is 18.0 Å². The molecule has 1 saturated heterocycles. The molecule has 0 radical (unpaired) electrons. The molecule has 2 nitrogen and oxygen atoms in total. The number of hydrogen-bond acceptors (Lipinski definition) is 2. The SMILES string of the molecule is CCCC1CCN(Cc2ccc(C#N)cc2)C1. The van der Waals surface area contributed by atoms with Crippen LogP contribution in [-0.2, 0) is 6.54 Å². The quantitative estimate of drug-likeness (QED) is 0.791. The summed E-state index contributed by atoms with van der Waals surface area (Å²) in [5.41, 5.74) is 2.07. The molecule has 0 aliphatic carbocycles. The van der Waals surface area contributed by atoms with Crippen molar-refractivity contribution in [1.82, 2.24) is 4.90 Å². The standard InChI is InChI=1S/C15H20N2/c1-2-3-14-8-9-17(11-14)12-15-6-4-13(10-16)5-7-15/h4-7,14H,2-3,8-9,11-12H2,1H3. The van der Waals surface area contributed by atoms with E-state index in [4.69, 9.17) is 5.26 Å². The highest BCUT2D eigenvalue weighted by Gasteiger charge is 2.21. The molecule has 0 N–H and O–H groups in total. The minimum atomic E-state index is 0.749. The maximum absolute atomic E-state index is 8.75. The number of nitriles is 1. The fourth-order valence-corrected chi connectivity index (χ4v) is 2.64. The second kappa shape index (κ2) is 5.84. The van der Waals surface area contributed by atoms with Gasteiger partial charge in [0.25, 0.3) is 0 Å². The first kappa shape index (κ1) is 12.1. The van der Waals surface area contributed by atoms with Gasteiger partial charge in [-0.1, -0.05) is 25.5 Å². The molecule has 17 heavy (non-hydrogen) atoms. The summed E-state index contributed by atoms with van der Waals surface area (Å²) in [6.07, 6.45) is 4.02. The second-order valence-corrected chi connectivity index (χ2v) is 4.99. The molecule has 1 aliphatic heterocycles. The van der Waals surface area contributed by atoms with Crippen LogP contribution >= 0.6 is 0 Å². The maximum atomic E-state index is 8.75. The zero-order chi connectivity index (χ0) is 12.1. The highest BCUT2D eigenvalue weighted by Crippen LogP contribution is 2.22. The highest BCUT2D eigenvalue weighted by atomic mass is 15.1. The van der Waals surface area contributed by atoms with Crippen LogP contribution in [0.5, 0.6) is 0 Å². The molecule has 1 aliphatic rings. The summed E-state index contributed by atoms with van der Waals surface area (Å²) in [6, 6.07) is 10.1. The van der Waals surface area contributed by atoms with Gasteiger partial charge in [-0.3, -0.25) is 4.90 Å². The lowest BCUT2D eigenvalue weighted by Gasteiger charge is -2.15. The molecule has 1 heterocycles. The minimum absolute atomic E-state index is 0.749. The smallest absolute Gasteiger partial charge is 0.0991 e. The van der Waals surface area contributed by atoms with Crippen LogP contribution in [0.25, 0.3) is 0 Å². The van der Waals surface area contributed by atoms with E-state index in [-0.39, 0.29) is 0 Å². The van der Waals surface area contributed by atoms with Crippen molar-refractivity contribution in [1.29, 1.82) is 5.26 Å². The Morgan fingerprint density at radius 1 is 1.35 bits per heavy atom. The second-order valence-electron chi connectivity index (χ2n) is 4.99. The number of benzene rings is 1. The summed E-state index contributed by atoms with van der Waals surface area (Å²) in [5, 5.41) is 8.75. The molecule has 1 aromatic rings. The molecule has 0 saturated carbocycles. The molecule has 2 rings (SSSR count). The van der Waals surface area contributed by atoms with E-state index in [0.29, 0.717) is 0 Å². The number of rotatable bonds is 4. The first-order chi connectivity index (χ1) is 8.31. The zero-order valence-electron chi connectivity index (χ0n) is 10.5. The molecule has 90 valence electrons. The Balaban J connectivity index is 1.87. The Morgan fingerprint density at radius 2 is 2.12 bits per heavy atom. The lowest BCUT2D eigenvalue weighted by molar-refractivity contribution is 0.313. The molecule has 1 atom stereocenters. The van der Waals surface area contributed by atoms with Gasteiger partial charge in [-0.25, -0.2) is 0 Å². The molecule has 1 unspecified atom stereocenters. The molecule has 1 fully saturated rings. The van der Waals surface area contributed by atoms with Crippen LogP contribution in [0, 0.1) is 17.2 Å². The van der Waals surface area contributed by atoms with E-state index in [1.807, 2.05) is 12.1 Å². The average Bonchev–Trinajstić information content (AvgIpc) is 2.78. The predicted molar refractivity (Wildman–Crippen MR) is 69.4 cm³/mol. The minimum Gasteiger partial charge on any atom is -0.299 e. The summed E-state index contributed by atoms with van der Waals surface area (Å²) in [7, 11) is 0. The van der Waals surface area contributed by atoms with Gasteiger partial charge < -0.3 is 0 Å². The van der Waals surface area contributed by atoms with E-state index < -0.39 is 0 Å². The van der Waals surface area contributed by atoms with E-state index >= 15 is 0 Å². The van der Waals surface area contributed by atoms with Crippen LogP contribution in [0.4, 0.5) is 0 Å². The van der Waals surface area contributed by atoms with Crippen LogP contribution < -0.4 is 0 Å². The Morgan fingerprint density at radius 3 is 2.76 bits per heavy atom. The van der Waals surface area contributed by atoms with Crippen molar-refractivity contribution in [2.75, 3.05) is 13.1 Å². The van der Waals surface area contributed by atoms with Gasteiger partial charge >= 0.3 is 0 Å². The largest absolute Gasteiger partial charge is 0.299 e. The molecule has 0 spiro atoms. The zero-order valence-corrected chi connectivity index (χ0v) is 10.5. The van der Waals surface area contributed by atoms with Gasteiger partial charge in [-0.15, -0.1) is 0 Å². The van der Waals surface area contributed by atoms with Gasteiger partial charge in [-0.05, 0) is 43.0 Å². The van der Waals surface area contributed by atoms with Crippen LogP contribution in [0.2, 0.25) is 0 Å². The van der Waals surface area contributed by atoms with Gasteiger partial charge in [0.2, 0.25) is 0 Å². The van der Waals surface area contributed by atoms with E-state index in [1.54, 1.807) is 0 Å². The summed E-state index contributed by atoms with van der Waals surface area (Å²) in [4.78, 5) is 2.53. The topological polar surface area (TPSA) is 27.0 Å². The van der Waals surface area contributed by atoms with E-state index in [2.05, 4.69) is 30.0 Å². The third-order valence-corrected chi connectivity index (χ3v) is 3.56. The normalized spacial score (nSPS) is 20.4. The molecule has 0 aromatic heterocycles. The Labute approximate surface area is 104 Å². The molecule has 1 aromatic carbocycles. The number of nitrogens with zero attached hydrogens (tertiary/aromatic N) is 2. The van der Waals surface area contributed by atoms with Crippen LogP contribution in [0.1, 0.15) is 37.3 Å². The fourth-order valence-electron chi connectivity index (χ4n) is 2.64. The predicted octanol–water partition coefficient (Wildman–Crippen LogP) is 3.18. The molecule has 0 bridgehead atoms. The Kier molecular flexibility index (Phi) is 4.17. The summed E-state index contributed by atoms with van der Waals surface area (Å²) >= 11 is 0. The van der Waals surface area contributed by atoms with Crippen LogP contribution in [-0.4, -0.2) is 18.0 Å². The van der Waals surface area contributed by atoms with E-state index in [9.17, 15) is 0 Å². The Hall–Kier alpha value is -1.33. The first-order valence-corrected chi connectivity index (χ1v) is 6.53. The van der Waals surface area contributed by atoms with Crippen molar-refractivity contribution in [3.05, 3.63) is 35.4 Å². The van der Waals surface area contributed by atoms with Gasteiger partial charge in [-0.2, -0.15) is 5.26 Å². The highest BCUT2D eigenvalue weighted by molar-refractivity contribution is 5.31. The van der Waals surface area contributed by atoms with Gasteiger partial charge in [0.1, 0.15) is 0 Å². The van der Waals surface area contributed by atoms with Gasteiger partial charge in [0, 0.05) is 13.1 Å². The van der Waals surface area contributed by atoms with Crippen molar-refractivity contribution in [2.45, 2.75) is 32.7 Å². The number of hydrogen-bond donors (Lipinski definition) is 0. The number of likely N-dealkylation sites (tertiary alicyclic amines) is 1. The monoisotopic (exact) mass is 228 g/mol. The van der Waals surface area contributed by atoms with E-state index in [1.165, 1.54) is 37.9 Å². The lowest BCUT2D eigenvalue weighted by atomic mass is 10.0. The van der Waals surface area contributed by atoms with Crippen molar-refractivity contribution >= 4 is 0 Å². The van der Waals surface area contributed by atoms with Crippen molar-refractivity contribution < 1.29 is 0 Å².